The summed E-state index contributed by atoms with van der Waals surface area (Å²) in [5, 5.41) is 10.9. The standard InChI is InChI=1S/C30H47NO2/c1-21(14-10-15-23(3)20-31)12-9-13-22(2)16-11-18-30(8,33)19-17-28-25(5)24(4)26(6)29(32)27(28)7/h12,15-16,33H,5,9-11,13-14,17-20,31H2,1-4,6-8H3/b21-12+,22-16+,23-15+. The molecule has 0 aromatic heterocycles. The van der Waals surface area contributed by atoms with E-state index in [0.29, 0.717) is 25.8 Å². The molecule has 3 nitrogen and oxygen atoms in total. The Labute approximate surface area is 202 Å². The lowest BCUT2D eigenvalue weighted by atomic mass is 9.80. The second-order valence-corrected chi connectivity index (χ2v) is 10.1. The minimum Gasteiger partial charge on any atom is -0.390 e. The number of rotatable bonds is 13. The van der Waals surface area contributed by atoms with E-state index in [4.69, 9.17) is 5.73 Å². The average Bonchev–Trinajstić information content (AvgIpc) is 2.76. The Morgan fingerprint density at radius 2 is 1.39 bits per heavy atom. The molecule has 1 aliphatic rings. The maximum Gasteiger partial charge on any atom is 0.185 e. The lowest BCUT2D eigenvalue weighted by Crippen LogP contribution is -2.25. The molecule has 1 rings (SSSR count). The number of Topliss-reactive ketones (excluding diaryl/α,β-unsaturated/α-hetero) is 1. The number of hydrogen-bond donors (Lipinski definition) is 2. The highest BCUT2D eigenvalue weighted by Crippen LogP contribution is 2.35. The summed E-state index contributed by atoms with van der Waals surface area (Å²) in [6.07, 6.45) is 14.0. The van der Waals surface area contributed by atoms with Crippen molar-refractivity contribution in [2.75, 3.05) is 6.54 Å². The van der Waals surface area contributed by atoms with Crippen molar-refractivity contribution in [3.05, 3.63) is 69.4 Å². The Morgan fingerprint density at radius 1 is 0.879 bits per heavy atom. The van der Waals surface area contributed by atoms with Crippen molar-refractivity contribution in [3.8, 4) is 0 Å². The first kappa shape index (κ1) is 29.1. The number of hydrogen-bond acceptors (Lipinski definition) is 3. The van der Waals surface area contributed by atoms with Crippen LogP contribution in [0.25, 0.3) is 0 Å². The van der Waals surface area contributed by atoms with Crippen molar-refractivity contribution in [1.82, 2.24) is 0 Å². The molecule has 0 fully saturated rings. The number of allylic oxidation sites excluding steroid dienone is 10. The van der Waals surface area contributed by atoms with Gasteiger partial charge in [0.05, 0.1) is 5.60 Å². The predicted molar refractivity (Wildman–Crippen MR) is 143 cm³/mol. The minimum atomic E-state index is -0.761. The summed E-state index contributed by atoms with van der Waals surface area (Å²) in [4.78, 5) is 12.4. The van der Waals surface area contributed by atoms with Gasteiger partial charge in [-0.25, -0.2) is 0 Å². The summed E-state index contributed by atoms with van der Waals surface area (Å²) >= 11 is 0. The van der Waals surface area contributed by atoms with E-state index in [1.165, 1.54) is 16.7 Å². The molecule has 3 heteroatoms. The van der Waals surface area contributed by atoms with Gasteiger partial charge in [-0.05, 0) is 117 Å². The molecule has 1 atom stereocenters. The van der Waals surface area contributed by atoms with Crippen LogP contribution in [-0.2, 0) is 4.79 Å². The Hall–Kier alpha value is -1.97. The van der Waals surface area contributed by atoms with Gasteiger partial charge in [0.15, 0.2) is 5.78 Å². The first-order valence-corrected chi connectivity index (χ1v) is 12.4. The lowest BCUT2D eigenvalue weighted by Gasteiger charge is -2.27. The quantitative estimate of drug-likeness (QED) is 0.285. The predicted octanol–water partition coefficient (Wildman–Crippen LogP) is 7.45. The maximum absolute atomic E-state index is 12.4. The molecule has 0 radical (unpaired) electrons. The molecular weight excluding hydrogens is 406 g/mol. The summed E-state index contributed by atoms with van der Waals surface area (Å²) in [7, 11) is 0. The molecule has 0 aromatic rings. The zero-order valence-corrected chi connectivity index (χ0v) is 22.2. The van der Waals surface area contributed by atoms with Crippen molar-refractivity contribution >= 4 is 5.78 Å². The van der Waals surface area contributed by atoms with Crippen molar-refractivity contribution in [3.63, 3.8) is 0 Å². The van der Waals surface area contributed by atoms with Gasteiger partial charge in [-0.3, -0.25) is 4.79 Å². The Morgan fingerprint density at radius 3 is 1.94 bits per heavy atom. The van der Waals surface area contributed by atoms with Crippen molar-refractivity contribution < 1.29 is 9.90 Å². The van der Waals surface area contributed by atoms with Crippen molar-refractivity contribution in [2.45, 2.75) is 105 Å². The Kier molecular flexibility index (Phi) is 12.0. The monoisotopic (exact) mass is 453 g/mol. The molecule has 0 amide bonds. The van der Waals surface area contributed by atoms with E-state index in [1.54, 1.807) is 0 Å². The van der Waals surface area contributed by atoms with Crippen LogP contribution in [0.4, 0.5) is 0 Å². The van der Waals surface area contributed by atoms with Crippen LogP contribution in [-0.4, -0.2) is 23.0 Å². The summed E-state index contributed by atoms with van der Waals surface area (Å²) in [5.74, 6) is 0.111. The number of aliphatic hydroxyl groups is 1. The summed E-state index contributed by atoms with van der Waals surface area (Å²) in [6.45, 7) is 18.9. The van der Waals surface area contributed by atoms with Gasteiger partial charge >= 0.3 is 0 Å². The fourth-order valence-electron chi connectivity index (χ4n) is 4.13. The first-order chi connectivity index (χ1) is 15.4. The van der Waals surface area contributed by atoms with Crippen LogP contribution in [0, 0.1) is 0 Å². The molecule has 0 saturated heterocycles. The van der Waals surface area contributed by atoms with Gasteiger partial charge in [-0.1, -0.05) is 41.5 Å². The van der Waals surface area contributed by atoms with Crippen molar-refractivity contribution in [2.24, 2.45) is 5.73 Å². The molecule has 0 spiro atoms. The van der Waals surface area contributed by atoms with Gasteiger partial charge < -0.3 is 10.8 Å². The summed E-state index contributed by atoms with van der Waals surface area (Å²) < 4.78 is 0. The van der Waals surface area contributed by atoms with Crippen LogP contribution in [0.3, 0.4) is 0 Å². The second-order valence-electron chi connectivity index (χ2n) is 10.1. The Bertz CT molecular complexity index is 875. The summed E-state index contributed by atoms with van der Waals surface area (Å²) in [6, 6.07) is 0. The van der Waals surface area contributed by atoms with Crippen LogP contribution >= 0.6 is 0 Å². The topological polar surface area (TPSA) is 63.3 Å². The molecule has 1 unspecified atom stereocenters. The van der Waals surface area contributed by atoms with E-state index in [-0.39, 0.29) is 5.78 Å². The molecule has 0 bridgehead atoms. The molecule has 0 heterocycles. The highest BCUT2D eigenvalue weighted by Gasteiger charge is 2.26. The smallest absolute Gasteiger partial charge is 0.185 e. The van der Waals surface area contributed by atoms with Gasteiger partial charge in [0.1, 0.15) is 0 Å². The molecule has 0 aromatic carbocycles. The van der Waals surface area contributed by atoms with Gasteiger partial charge in [0, 0.05) is 17.7 Å². The SMILES string of the molecule is C=C1C(C)=C(C)C(=O)C(C)=C1CCC(C)(O)CC/C=C(\C)CC/C=C(\C)CC/C=C(\C)CN. The van der Waals surface area contributed by atoms with E-state index >= 15 is 0 Å². The minimum absolute atomic E-state index is 0.111. The number of ketones is 1. The van der Waals surface area contributed by atoms with E-state index in [9.17, 15) is 9.90 Å². The number of carbonyl (C=O) groups excluding carboxylic acids is 1. The maximum atomic E-state index is 12.4. The molecule has 3 N–H and O–H groups in total. The third kappa shape index (κ3) is 9.81. The van der Waals surface area contributed by atoms with Crippen molar-refractivity contribution in [1.29, 1.82) is 0 Å². The molecule has 1 aliphatic carbocycles. The molecule has 0 aliphatic heterocycles. The van der Waals surface area contributed by atoms with E-state index in [1.807, 2.05) is 27.7 Å². The number of carbonyl (C=O) groups is 1. The van der Waals surface area contributed by atoms with Crippen LogP contribution in [0.15, 0.2) is 69.4 Å². The molecule has 184 valence electrons. The highest BCUT2D eigenvalue weighted by molar-refractivity contribution is 6.11. The van der Waals surface area contributed by atoms with Crippen LogP contribution in [0.1, 0.15) is 99.8 Å². The molecule has 33 heavy (non-hydrogen) atoms. The fraction of sp³-hybridized carbons (Fsp3) is 0.567. The molecular formula is C30H47NO2. The average molecular weight is 454 g/mol. The van der Waals surface area contributed by atoms with Crippen LogP contribution < -0.4 is 5.73 Å². The van der Waals surface area contributed by atoms with Crippen LogP contribution in [0.5, 0.6) is 0 Å². The van der Waals surface area contributed by atoms with Gasteiger partial charge in [0.2, 0.25) is 0 Å². The van der Waals surface area contributed by atoms with Crippen LogP contribution in [0.2, 0.25) is 0 Å². The first-order valence-electron chi connectivity index (χ1n) is 12.4. The molecule has 0 saturated carbocycles. The van der Waals surface area contributed by atoms with E-state index in [0.717, 1.165) is 60.0 Å². The lowest BCUT2D eigenvalue weighted by molar-refractivity contribution is -0.112. The van der Waals surface area contributed by atoms with Gasteiger partial charge in [0.25, 0.3) is 0 Å². The highest BCUT2D eigenvalue weighted by atomic mass is 16.3. The second kappa shape index (κ2) is 13.7. The zero-order chi connectivity index (χ0) is 25.2. The zero-order valence-electron chi connectivity index (χ0n) is 22.2. The van der Waals surface area contributed by atoms with E-state index < -0.39 is 5.60 Å². The third-order valence-electron chi connectivity index (χ3n) is 6.99. The van der Waals surface area contributed by atoms with E-state index in [2.05, 4.69) is 45.6 Å². The fourth-order valence-corrected chi connectivity index (χ4v) is 4.13. The van der Waals surface area contributed by atoms with Gasteiger partial charge in [-0.2, -0.15) is 0 Å². The van der Waals surface area contributed by atoms with Gasteiger partial charge in [-0.15, -0.1) is 0 Å². The third-order valence-corrected chi connectivity index (χ3v) is 6.99. The largest absolute Gasteiger partial charge is 0.390 e. The number of nitrogens with two attached hydrogens (primary N) is 1. The normalized spacial score (nSPS) is 18.4. The summed E-state index contributed by atoms with van der Waals surface area (Å²) in [5.41, 5.74) is 13.4. The Balaban J connectivity index is 2.47.